The van der Waals surface area contributed by atoms with Gasteiger partial charge >= 0.3 is 0 Å². The molecule has 0 radical (unpaired) electrons. The molecule has 1 aromatic rings. The van der Waals surface area contributed by atoms with Gasteiger partial charge in [-0.25, -0.2) is 9.97 Å². The van der Waals surface area contributed by atoms with Crippen molar-refractivity contribution in [3.8, 4) is 0 Å². The number of anilines is 1. The van der Waals surface area contributed by atoms with Gasteiger partial charge < -0.3 is 10.6 Å². The van der Waals surface area contributed by atoms with Gasteiger partial charge in [-0.2, -0.15) is 0 Å². The molecule has 3 rings (SSSR count). The summed E-state index contributed by atoms with van der Waals surface area (Å²) >= 11 is 0. The number of nitrogens with two attached hydrogens (primary N) is 1. The standard InChI is InChI=1S/C16H26N4/c17-9-13-5-4-8-20(12-13)16-18-10-15(11-19-16)14-6-2-1-3-7-14/h10-11,13-14H,1-9,12,17H2. The topological polar surface area (TPSA) is 55.0 Å². The summed E-state index contributed by atoms with van der Waals surface area (Å²) in [5, 5.41) is 0. The zero-order valence-electron chi connectivity index (χ0n) is 12.3. The van der Waals surface area contributed by atoms with Gasteiger partial charge in [-0.05, 0) is 49.6 Å². The number of hydrogen-bond donors (Lipinski definition) is 1. The molecule has 110 valence electrons. The van der Waals surface area contributed by atoms with Gasteiger partial charge in [0.1, 0.15) is 0 Å². The van der Waals surface area contributed by atoms with Crippen LogP contribution in [0.3, 0.4) is 0 Å². The van der Waals surface area contributed by atoms with Gasteiger partial charge in [0.15, 0.2) is 0 Å². The molecular weight excluding hydrogens is 248 g/mol. The third-order valence-electron chi connectivity index (χ3n) is 4.87. The van der Waals surface area contributed by atoms with E-state index in [4.69, 9.17) is 5.73 Å². The van der Waals surface area contributed by atoms with Crippen LogP contribution in [0.4, 0.5) is 5.95 Å². The number of piperidine rings is 1. The summed E-state index contributed by atoms with van der Waals surface area (Å²) in [4.78, 5) is 11.5. The first-order valence-electron chi connectivity index (χ1n) is 8.14. The maximum absolute atomic E-state index is 5.80. The summed E-state index contributed by atoms with van der Waals surface area (Å²) in [7, 11) is 0. The van der Waals surface area contributed by atoms with Crippen LogP contribution >= 0.6 is 0 Å². The average Bonchev–Trinajstić information content (AvgIpc) is 2.56. The fourth-order valence-electron chi connectivity index (χ4n) is 3.58. The van der Waals surface area contributed by atoms with Crippen LogP contribution in [0.1, 0.15) is 56.4 Å². The Bertz CT molecular complexity index is 411. The zero-order valence-corrected chi connectivity index (χ0v) is 12.3. The van der Waals surface area contributed by atoms with Gasteiger partial charge in [0.25, 0.3) is 0 Å². The van der Waals surface area contributed by atoms with Crippen LogP contribution in [-0.2, 0) is 0 Å². The van der Waals surface area contributed by atoms with Crippen molar-refractivity contribution in [1.29, 1.82) is 0 Å². The molecular formula is C16H26N4. The molecule has 2 heterocycles. The minimum atomic E-state index is 0.602. The van der Waals surface area contributed by atoms with Crippen molar-refractivity contribution in [2.75, 3.05) is 24.5 Å². The van der Waals surface area contributed by atoms with E-state index in [-0.39, 0.29) is 0 Å². The molecule has 20 heavy (non-hydrogen) atoms. The normalized spacial score (nSPS) is 24.9. The Kier molecular flexibility index (Phi) is 4.51. The summed E-state index contributed by atoms with van der Waals surface area (Å²) in [5.74, 6) is 2.18. The van der Waals surface area contributed by atoms with Gasteiger partial charge in [-0.3, -0.25) is 0 Å². The lowest BCUT2D eigenvalue weighted by Crippen LogP contribution is -2.39. The third kappa shape index (κ3) is 3.11. The molecule has 1 saturated carbocycles. The second-order valence-corrected chi connectivity index (χ2v) is 6.34. The molecule has 1 atom stereocenters. The van der Waals surface area contributed by atoms with Crippen molar-refractivity contribution in [1.82, 2.24) is 9.97 Å². The number of aromatic nitrogens is 2. The molecule has 1 unspecified atom stereocenters. The van der Waals surface area contributed by atoms with E-state index >= 15 is 0 Å². The first-order valence-corrected chi connectivity index (χ1v) is 8.14. The highest BCUT2D eigenvalue weighted by Crippen LogP contribution is 2.32. The molecule has 0 amide bonds. The van der Waals surface area contributed by atoms with Gasteiger partial charge in [0.05, 0.1) is 0 Å². The summed E-state index contributed by atoms with van der Waals surface area (Å²) < 4.78 is 0. The van der Waals surface area contributed by atoms with Gasteiger partial charge in [0, 0.05) is 25.5 Å². The molecule has 2 N–H and O–H groups in total. The molecule has 4 nitrogen and oxygen atoms in total. The fourth-order valence-corrected chi connectivity index (χ4v) is 3.58. The van der Waals surface area contributed by atoms with Crippen LogP contribution in [-0.4, -0.2) is 29.6 Å². The van der Waals surface area contributed by atoms with E-state index in [0.29, 0.717) is 11.8 Å². The molecule has 0 aromatic carbocycles. The van der Waals surface area contributed by atoms with Crippen molar-refractivity contribution in [3.05, 3.63) is 18.0 Å². The quantitative estimate of drug-likeness (QED) is 0.920. The van der Waals surface area contributed by atoms with Crippen molar-refractivity contribution < 1.29 is 0 Å². The second kappa shape index (κ2) is 6.53. The summed E-state index contributed by atoms with van der Waals surface area (Å²) in [6.45, 7) is 2.86. The lowest BCUT2D eigenvalue weighted by Gasteiger charge is -2.32. The van der Waals surface area contributed by atoms with Crippen molar-refractivity contribution >= 4 is 5.95 Å². The number of hydrogen-bond acceptors (Lipinski definition) is 4. The highest BCUT2D eigenvalue weighted by Gasteiger charge is 2.21. The average molecular weight is 274 g/mol. The lowest BCUT2D eigenvalue weighted by atomic mass is 9.85. The van der Waals surface area contributed by atoms with Crippen LogP contribution in [0, 0.1) is 5.92 Å². The maximum Gasteiger partial charge on any atom is 0.225 e. The van der Waals surface area contributed by atoms with Crippen LogP contribution in [0.5, 0.6) is 0 Å². The van der Waals surface area contributed by atoms with E-state index in [1.54, 1.807) is 0 Å². The van der Waals surface area contributed by atoms with Gasteiger partial charge in [-0.15, -0.1) is 0 Å². The van der Waals surface area contributed by atoms with E-state index in [9.17, 15) is 0 Å². The second-order valence-electron chi connectivity index (χ2n) is 6.34. The monoisotopic (exact) mass is 274 g/mol. The Morgan fingerprint density at radius 1 is 1.05 bits per heavy atom. The van der Waals surface area contributed by atoms with Gasteiger partial charge in [-0.1, -0.05) is 19.3 Å². The predicted molar refractivity (Wildman–Crippen MR) is 81.8 cm³/mol. The van der Waals surface area contributed by atoms with Crippen molar-refractivity contribution in [2.24, 2.45) is 11.7 Å². The van der Waals surface area contributed by atoms with E-state index in [1.165, 1.54) is 50.5 Å². The molecule has 2 fully saturated rings. The highest BCUT2D eigenvalue weighted by atomic mass is 15.2. The zero-order chi connectivity index (χ0) is 13.8. The molecule has 1 saturated heterocycles. The molecule has 4 heteroatoms. The van der Waals surface area contributed by atoms with E-state index in [1.807, 2.05) is 0 Å². The van der Waals surface area contributed by atoms with E-state index in [0.717, 1.165) is 25.6 Å². The molecule has 1 aliphatic carbocycles. The SMILES string of the molecule is NCC1CCCN(c2ncc(C3CCCCC3)cn2)C1. The van der Waals surface area contributed by atoms with Gasteiger partial charge in [0.2, 0.25) is 5.95 Å². The van der Waals surface area contributed by atoms with Crippen LogP contribution in [0.25, 0.3) is 0 Å². The van der Waals surface area contributed by atoms with Crippen LogP contribution in [0.2, 0.25) is 0 Å². The largest absolute Gasteiger partial charge is 0.341 e. The predicted octanol–water partition coefficient (Wildman–Crippen LogP) is 2.70. The smallest absolute Gasteiger partial charge is 0.225 e. The Hall–Kier alpha value is -1.16. The van der Waals surface area contributed by atoms with Crippen molar-refractivity contribution in [2.45, 2.75) is 50.9 Å². The lowest BCUT2D eigenvalue weighted by molar-refractivity contribution is 0.418. The number of nitrogens with zero attached hydrogens (tertiary/aromatic N) is 3. The van der Waals surface area contributed by atoms with E-state index in [2.05, 4.69) is 27.3 Å². The first-order chi connectivity index (χ1) is 9.86. The minimum absolute atomic E-state index is 0.602. The Labute approximate surface area is 121 Å². The Balaban J connectivity index is 1.66. The van der Waals surface area contributed by atoms with Crippen LogP contribution < -0.4 is 10.6 Å². The third-order valence-corrected chi connectivity index (χ3v) is 4.87. The first kappa shape index (κ1) is 13.8. The molecule has 1 aliphatic heterocycles. The van der Waals surface area contributed by atoms with Crippen molar-refractivity contribution in [3.63, 3.8) is 0 Å². The Morgan fingerprint density at radius 2 is 1.80 bits per heavy atom. The minimum Gasteiger partial charge on any atom is -0.341 e. The Morgan fingerprint density at radius 3 is 2.50 bits per heavy atom. The number of rotatable bonds is 3. The molecule has 0 bridgehead atoms. The van der Waals surface area contributed by atoms with E-state index < -0.39 is 0 Å². The molecule has 1 aromatic heterocycles. The maximum atomic E-state index is 5.80. The summed E-state index contributed by atoms with van der Waals surface area (Å²) in [6, 6.07) is 0. The molecule has 2 aliphatic rings. The summed E-state index contributed by atoms with van der Waals surface area (Å²) in [6.07, 6.45) is 13.3. The molecule has 0 spiro atoms. The highest BCUT2D eigenvalue weighted by molar-refractivity contribution is 5.31. The summed E-state index contributed by atoms with van der Waals surface area (Å²) in [5.41, 5.74) is 7.13. The fraction of sp³-hybridized carbons (Fsp3) is 0.750. The van der Waals surface area contributed by atoms with Crippen LogP contribution in [0.15, 0.2) is 12.4 Å².